The Bertz CT molecular complexity index is 1500. The fraction of sp³-hybridized carbons (Fsp3) is 0.806. The summed E-state index contributed by atoms with van der Waals surface area (Å²) >= 11 is 0. The SMILES string of the molecule is CC/C=C\C/C=C\C/C=C\C/C=C\C/C=C\C/C=C\CCCCCCCCCCCCCCCCCCCCCCCCC(=O)NC(COP(=O)([O-])OCC[N+](C)(C)C)C(O)C(O)CCCCCCCCCCCCCC. The molecular formula is C67H125N2O7P. The Morgan fingerprint density at radius 2 is 0.818 bits per heavy atom. The summed E-state index contributed by atoms with van der Waals surface area (Å²) in [5.74, 6) is -0.275. The van der Waals surface area contributed by atoms with E-state index >= 15 is 0 Å². The highest BCUT2D eigenvalue weighted by molar-refractivity contribution is 7.45. The van der Waals surface area contributed by atoms with Gasteiger partial charge in [-0.25, -0.2) is 0 Å². The number of nitrogens with one attached hydrogen (secondary N) is 1. The van der Waals surface area contributed by atoms with Crippen molar-refractivity contribution in [1.82, 2.24) is 5.32 Å². The molecule has 450 valence electrons. The van der Waals surface area contributed by atoms with Crippen molar-refractivity contribution in [2.24, 2.45) is 0 Å². The molecule has 4 atom stereocenters. The van der Waals surface area contributed by atoms with Crippen molar-refractivity contribution < 1.29 is 38.0 Å². The topological polar surface area (TPSA) is 128 Å². The van der Waals surface area contributed by atoms with E-state index in [-0.39, 0.29) is 18.9 Å². The quantitative estimate of drug-likeness (QED) is 0.0239. The summed E-state index contributed by atoms with van der Waals surface area (Å²) < 4.78 is 23.3. The monoisotopic (exact) mass is 1100 g/mol. The Labute approximate surface area is 477 Å². The molecule has 0 bridgehead atoms. The lowest BCUT2D eigenvalue weighted by atomic mass is 9.99. The van der Waals surface area contributed by atoms with Gasteiger partial charge in [-0.1, -0.05) is 292 Å². The number of aliphatic hydroxyl groups is 2. The number of allylic oxidation sites excluding steroid dienone is 12. The van der Waals surface area contributed by atoms with Crippen molar-refractivity contribution in [1.29, 1.82) is 0 Å². The van der Waals surface area contributed by atoms with Gasteiger partial charge in [0.1, 0.15) is 19.3 Å². The van der Waals surface area contributed by atoms with Gasteiger partial charge in [-0.15, -0.1) is 0 Å². The zero-order valence-corrected chi connectivity index (χ0v) is 51.9. The van der Waals surface area contributed by atoms with Crippen molar-refractivity contribution in [3.8, 4) is 0 Å². The summed E-state index contributed by atoms with van der Waals surface area (Å²) in [4.78, 5) is 25.6. The van der Waals surface area contributed by atoms with E-state index in [0.29, 0.717) is 17.4 Å². The molecule has 0 spiro atoms. The van der Waals surface area contributed by atoms with E-state index in [1.54, 1.807) is 0 Å². The largest absolute Gasteiger partial charge is 0.756 e. The second-order valence-electron chi connectivity index (χ2n) is 23.2. The zero-order chi connectivity index (χ0) is 56.4. The lowest BCUT2D eigenvalue weighted by Crippen LogP contribution is -2.51. The highest BCUT2D eigenvalue weighted by Gasteiger charge is 2.29. The molecule has 0 aromatic rings. The van der Waals surface area contributed by atoms with E-state index in [2.05, 4.69) is 92.1 Å². The lowest BCUT2D eigenvalue weighted by Gasteiger charge is -2.31. The van der Waals surface area contributed by atoms with Crippen LogP contribution in [0.2, 0.25) is 0 Å². The first kappa shape index (κ1) is 74.9. The highest BCUT2D eigenvalue weighted by atomic mass is 31.2. The summed E-state index contributed by atoms with van der Waals surface area (Å²) in [6, 6.07) is -1.07. The third-order valence-electron chi connectivity index (χ3n) is 14.6. The maximum atomic E-state index is 13.0. The minimum Gasteiger partial charge on any atom is -0.756 e. The summed E-state index contributed by atoms with van der Waals surface area (Å²) in [6.45, 7) is 4.34. The van der Waals surface area contributed by atoms with Crippen LogP contribution in [0.4, 0.5) is 0 Å². The molecule has 0 aliphatic heterocycles. The first-order valence-corrected chi connectivity index (χ1v) is 33.8. The molecule has 0 saturated carbocycles. The van der Waals surface area contributed by atoms with Crippen LogP contribution in [0.25, 0.3) is 0 Å². The van der Waals surface area contributed by atoms with Gasteiger partial charge in [0.15, 0.2) is 0 Å². The van der Waals surface area contributed by atoms with E-state index in [9.17, 15) is 24.5 Å². The fourth-order valence-electron chi connectivity index (χ4n) is 9.50. The molecule has 9 nitrogen and oxygen atoms in total. The zero-order valence-electron chi connectivity index (χ0n) is 51.0. The highest BCUT2D eigenvalue weighted by Crippen LogP contribution is 2.38. The molecule has 4 unspecified atom stereocenters. The Hall–Kier alpha value is -2.10. The van der Waals surface area contributed by atoms with Gasteiger partial charge in [0.25, 0.3) is 7.82 Å². The average Bonchev–Trinajstić information content (AvgIpc) is 3.39. The van der Waals surface area contributed by atoms with Gasteiger partial charge in [0.05, 0.1) is 39.9 Å². The number of amides is 1. The van der Waals surface area contributed by atoms with Crippen molar-refractivity contribution in [3.05, 3.63) is 72.9 Å². The molecule has 0 aliphatic carbocycles. The summed E-state index contributed by atoms with van der Waals surface area (Å²) in [5, 5.41) is 24.8. The number of aliphatic hydroxyl groups excluding tert-OH is 2. The number of hydrogen-bond acceptors (Lipinski definition) is 7. The van der Waals surface area contributed by atoms with Gasteiger partial charge >= 0.3 is 0 Å². The van der Waals surface area contributed by atoms with Crippen molar-refractivity contribution in [2.45, 2.75) is 308 Å². The van der Waals surface area contributed by atoms with Crippen molar-refractivity contribution in [2.75, 3.05) is 40.9 Å². The summed E-state index contributed by atoms with van der Waals surface area (Å²) in [6.07, 6.45) is 75.7. The van der Waals surface area contributed by atoms with Crippen molar-refractivity contribution in [3.63, 3.8) is 0 Å². The average molecular weight is 1100 g/mol. The van der Waals surface area contributed by atoms with Gasteiger partial charge in [-0.2, -0.15) is 0 Å². The number of carbonyl (C=O) groups is 1. The van der Waals surface area contributed by atoms with Crippen LogP contribution < -0.4 is 10.2 Å². The van der Waals surface area contributed by atoms with E-state index in [1.165, 1.54) is 186 Å². The number of unbranched alkanes of at least 4 members (excludes halogenated alkanes) is 33. The predicted octanol–water partition coefficient (Wildman–Crippen LogP) is 18.6. The van der Waals surface area contributed by atoms with Crippen LogP contribution in [-0.4, -0.2) is 79.8 Å². The Balaban J connectivity index is 3.93. The Kier molecular flexibility index (Phi) is 55.6. The van der Waals surface area contributed by atoms with Gasteiger partial charge < -0.3 is 34.0 Å². The molecule has 0 aliphatic rings. The molecule has 0 aromatic carbocycles. The third-order valence-corrected chi connectivity index (χ3v) is 15.5. The predicted molar refractivity (Wildman–Crippen MR) is 331 cm³/mol. The summed E-state index contributed by atoms with van der Waals surface area (Å²) in [7, 11) is 1.13. The minimum atomic E-state index is -4.67. The number of carbonyl (C=O) groups excluding carboxylic acids is 1. The van der Waals surface area contributed by atoms with Crippen LogP contribution in [0.1, 0.15) is 290 Å². The van der Waals surface area contributed by atoms with Crippen molar-refractivity contribution >= 4 is 13.7 Å². The molecule has 0 heterocycles. The number of hydrogen-bond donors (Lipinski definition) is 3. The van der Waals surface area contributed by atoms with Gasteiger partial charge in [0, 0.05) is 6.42 Å². The first-order chi connectivity index (χ1) is 37.4. The minimum absolute atomic E-state index is 0.0402. The fourth-order valence-corrected chi connectivity index (χ4v) is 10.2. The van der Waals surface area contributed by atoms with Crippen LogP contribution >= 0.6 is 7.82 Å². The number of likely N-dealkylation sites (N-methyl/N-ethyl adjacent to an activating group) is 1. The molecule has 77 heavy (non-hydrogen) atoms. The van der Waals surface area contributed by atoms with Crippen LogP contribution in [-0.2, 0) is 18.4 Å². The van der Waals surface area contributed by atoms with Crippen LogP contribution in [0.15, 0.2) is 72.9 Å². The number of quaternary nitrogens is 1. The van der Waals surface area contributed by atoms with E-state index < -0.39 is 32.7 Å². The maximum absolute atomic E-state index is 13.0. The standard InChI is InChI=1S/C67H125N2O7P/c1-6-8-10-12-14-16-18-20-21-22-23-24-25-26-27-28-29-30-31-32-33-34-35-36-37-38-39-40-41-42-43-44-45-46-47-48-50-52-54-56-58-60-66(71)68-64(63-76-77(73,74)75-62-61-69(3,4)5)67(72)65(70)59-57-55-53-51-49-19-17-15-13-11-9-7-2/h8,10,14,16,20-21,23-24,26-27,29-30,64-65,67,70,72H,6-7,9,11-13,15,17-19,22,25,28,31-63H2,1-5H3,(H-,68,71,73,74)/b10-8-,16-14-,21-20-,24-23-,27-26-,30-29-. The first-order valence-electron chi connectivity index (χ1n) is 32.4. The van der Waals surface area contributed by atoms with Crippen LogP contribution in [0.3, 0.4) is 0 Å². The third kappa shape index (κ3) is 58.4. The second kappa shape index (κ2) is 57.1. The Morgan fingerprint density at radius 1 is 0.481 bits per heavy atom. The number of nitrogens with zero attached hydrogens (tertiary/aromatic N) is 1. The molecule has 0 radical (unpaired) electrons. The molecule has 0 fully saturated rings. The number of phosphoric acid groups is 1. The van der Waals surface area contributed by atoms with Gasteiger partial charge in [-0.05, 0) is 64.2 Å². The molecular weight excluding hydrogens is 976 g/mol. The molecule has 10 heteroatoms. The van der Waals surface area contributed by atoms with E-state index in [0.717, 1.165) is 77.0 Å². The van der Waals surface area contributed by atoms with Gasteiger partial charge in [-0.3, -0.25) is 9.36 Å². The molecule has 1 amide bonds. The van der Waals surface area contributed by atoms with E-state index in [4.69, 9.17) is 9.05 Å². The molecule has 0 saturated heterocycles. The molecule has 0 aromatic heterocycles. The van der Waals surface area contributed by atoms with Crippen LogP contribution in [0, 0.1) is 0 Å². The van der Waals surface area contributed by atoms with Gasteiger partial charge in [0.2, 0.25) is 5.91 Å². The summed E-state index contributed by atoms with van der Waals surface area (Å²) in [5.41, 5.74) is 0. The van der Waals surface area contributed by atoms with E-state index in [1.807, 2.05) is 21.1 Å². The van der Waals surface area contributed by atoms with Crippen LogP contribution in [0.5, 0.6) is 0 Å². The maximum Gasteiger partial charge on any atom is 0.268 e. The smallest absolute Gasteiger partial charge is 0.268 e. The second-order valence-corrected chi connectivity index (χ2v) is 24.6. The molecule has 3 N–H and O–H groups in total. The lowest BCUT2D eigenvalue weighted by molar-refractivity contribution is -0.870. The number of phosphoric ester groups is 1. The normalized spacial score (nSPS) is 14.6. The molecule has 0 rings (SSSR count). The Morgan fingerprint density at radius 3 is 1.19 bits per heavy atom. The number of rotatable bonds is 59.